The Bertz CT molecular complexity index is 451. The van der Waals surface area contributed by atoms with Crippen molar-refractivity contribution in [3.05, 3.63) is 35.6 Å². The lowest BCUT2D eigenvalue weighted by molar-refractivity contribution is -0.149. The third kappa shape index (κ3) is 3.77. The number of hydrogen-bond acceptors (Lipinski definition) is 4. The molecule has 0 bridgehead atoms. The van der Waals surface area contributed by atoms with Crippen LogP contribution < -0.4 is 5.32 Å². The van der Waals surface area contributed by atoms with Crippen molar-refractivity contribution in [3.63, 3.8) is 0 Å². The van der Waals surface area contributed by atoms with E-state index in [9.17, 15) is 9.18 Å². The third-order valence-corrected chi connectivity index (χ3v) is 3.37. The first-order valence-corrected chi connectivity index (χ1v) is 6.70. The molecule has 5 heteroatoms. The molecule has 0 aliphatic rings. The second kappa shape index (κ2) is 7.36. The largest absolute Gasteiger partial charge is 0.467 e. The van der Waals surface area contributed by atoms with Crippen LogP contribution in [-0.2, 0) is 15.1 Å². The van der Waals surface area contributed by atoms with Crippen molar-refractivity contribution in [2.45, 2.75) is 18.9 Å². The lowest BCUT2D eigenvalue weighted by Gasteiger charge is -2.32. The minimum atomic E-state index is -1.01. The van der Waals surface area contributed by atoms with E-state index in [0.717, 1.165) is 6.54 Å². The molecule has 1 aromatic rings. The fourth-order valence-corrected chi connectivity index (χ4v) is 2.19. The molecule has 0 aromatic heterocycles. The summed E-state index contributed by atoms with van der Waals surface area (Å²) >= 11 is 0. The Labute approximate surface area is 119 Å². The van der Waals surface area contributed by atoms with Gasteiger partial charge in [-0.2, -0.15) is 0 Å². The van der Waals surface area contributed by atoms with E-state index in [-0.39, 0.29) is 5.82 Å². The Hall–Kier alpha value is -1.46. The van der Waals surface area contributed by atoms with Gasteiger partial charge in [0, 0.05) is 13.1 Å². The van der Waals surface area contributed by atoms with E-state index < -0.39 is 11.5 Å². The fourth-order valence-electron chi connectivity index (χ4n) is 2.19. The topological polar surface area (TPSA) is 41.6 Å². The van der Waals surface area contributed by atoms with Gasteiger partial charge in [-0.1, -0.05) is 19.1 Å². The maximum absolute atomic E-state index is 13.5. The summed E-state index contributed by atoms with van der Waals surface area (Å²) in [5.41, 5.74) is -0.419. The predicted molar refractivity (Wildman–Crippen MR) is 76.9 cm³/mol. The third-order valence-electron chi connectivity index (χ3n) is 3.37. The molecule has 20 heavy (non-hydrogen) atoms. The number of benzene rings is 1. The highest BCUT2D eigenvalue weighted by molar-refractivity contribution is 5.82. The summed E-state index contributed by atoms with van der Waals surface area (Å²) in [5.74, 6) is -0.761. The monoisotopic (exact) mass is 282 g/mol. The summed E-state index contributed by atoms with van der Waals surface area (Å²) < 4.78 is 18.4. The van der Waals surface area contributed by atoms with Crippen molar-refractivity contribution in [2.24, 2.45) is 0 Å². The maximum Gasteiger partial charge on any atom is 0.330 e. The molecule has 0 amide bonds. The maximum atomic E-state index is 13.5. The average molecular weight is 282 g/mol. The van der Waals surface area contributed by atoms with Crippen LogP contribution in [0, 0.1) is 5.82 Å². The lowest BCUT2D eigenvalue weighted by atomic mass is 9.87. The van der Waals surface area contributed by atoms with Crippen molar-refractivity contribution in [1.29, 1.82) is 0 Å². The van der Waals surface area contributed by atoms with Crippen LogP contribution in [0.1, 0.15) is 18.9 Å². The summed E-state index contributed by atoms with van der Waals surface area (Å²) in [6.45, 7) is 3.25. The van der Waals surface area contributed by atoms with E-state index in [1.165, 1.54) is 19.2 Å². The van der Waals surface area contributed by atoms with Gasteiger partial charge in [0.2, 0.25) is 0 Å². The SMILES string of the molecule is CCC(NCCN(C)C)(C(=O)OC)c1cccc(F)c1. The van der Waals surface area contributed by atoms with Crippen LogP contribution in [0.2, 0.25) is 0 Å². The number of nitrogens with one attached hydrogen (secondary N) is 1. The normalized spacial score (nSPS) is 14.1. The molecular weight excluding hydrogens is 259 g/mol. The van der Waals surface area contributed by atoms with Crippen molar-refractivity contribution < 1.29 is 13.9 Å². The molecule has 0 aliphatic carbocycles. The smallest absolute Gasteiger partial charge is 0.330 e. The second-order valence-electron chi connectivity index (χ2n) is 4.99. The van der Waals surface area contributed by atoms with Crippen LogP contribution in [0.4, 0.5) is 4.39 Å². The molecule has 1 rings (SSSR count). The minimum Gasteiger partial charge on any atom is -0.467 e. The fraction of sp³-hybridized carbons (Fsp3) is 0.533. The molecular formula is C15H23FN2O2. The van der Waals surface area contributed by atoms with Gasteiger partial charge < -0.3 is 9.64 Å². The predicted octanol–water partition coefficient (Wildman–Crippen LogP) is 1.76. The summed E-state index contributed by atoms with van der Waals surface area (Å²) in [4.78, 5) is 14.2. The van der Waals surface area contributed by atoms with Crippen molar-refractivity contribution in [2.75, 3.05) is 34.3 Å². The molecule has 0 saturated heterocycles. The highest BCUT2D eigenvalue weighted by Crippen LogP contribution is 2.27. The first kappa shape index (κ1) is 16.6. The van der Waals surface area contributed by atoms with Gasteiger partial charge in [-0.05, 0) is 38.2 Å². The van der Waals surface area contributed by atoms with E-state index in [4.69, 9.17) is 4.74 Å². The Kier molecular flexibility index (Phi) is 6.10. The van der Waals surface area contributed by atoms with Gasteiger partial charge in [-0.3, -0.25) is 5.32 Å². The molecule has 0 spiro atoms. The van der Waals surface area contributed by atoms with E-state index >= 15 is 0 Å². The highest BCUT2D eigenvalue weighted by atomic mass is 19.1. The molecule has 1 atom stereocenters. The average Bonchev–Trinajstić information content (AvgIpc) is 2.42. The van der Waals surface area contributed by atoms with Crippen LogP contribution in [-0.4, -0.2) is 45.2 Å². The number of carbonyl (C=O) groups is 1. The molecule has 0 fully saturated rings. The minimum absolute atomic E-state index is 0.362. The van der Waals surface area contributed by atoms with Crippen LogP contribution in [0.5, 0.6) is 0 Å². The van der Waals surface area contributed by atoms with Gasteiger partial charge in [0.15, 0.2) is 0 Å². The zero-order chi connectivity index (χ0) is 15.2. The summed E-state index contributed by atoms with van der Waals surface area (Å²) in [5, 5.41) is 3.23. The van der Waals surface area contributed by atoms with Gasteiger partial charge in [0.25, 0.3) is 0 Å². The van der Waals surface area contributed by atoms with Crippen molar-refractivity contribution in [1.82, 2.24) is 10.2 Å². The number of carbonyl (C=O) groups excluding carboxylic acids is 1. The molecule has 0 saturated carbocycles. The van der Waals surface area contributed by atoms with Crippen molar-refractivity contribution in [3.8, 4) is 0 Å². The number of methoxy groups -OCH3 is 1. The van der Waals surface area contributed by atoms with Gasteiger partial charge in [0.1, 0.15) is 11.4 Å². The number of rotatable bonds is 7. The highest BCUT2D eigenvalue weighted by Gasteiger charge is 2.39. The second-order valence-corrected chi connectivity index (χ2v) is 4.99. The number of ether oxygens (including phenoxy) is 1. The molecule has 4 nitrogen and oxygen atoms in total. The Balaban J connectivity index is 3.08. The van der Waals surface area contributed by atoms with Crippen LogP contribution in [0.15, 0.2) is 24.3 Å². The first-order chi connectivity index (χ1) is 9.46. The number of halogens is 1. The Morgan fingerprint density at radius 1 is 1.45 bits per heavy atom. The standard InChI is InChI=1S/C15H23FN2O2/c1-5-15(14(19)20-4,17-9-10-18(2)3)12-7-6-8-13(16)11-12/h6-8,11,17H,5,9-10H2,1-4H3. The molecule has 0 aliphatic heterocycles. The lowest BCUT2D eigenvalue weighted by Crippen LogP contribution is -2.51. The summed E-state index contributed by atoms with van der Waals surface area (Å²) in [6, 6.07) is 6.09. The van der Waals surface area contributed by atoms with Gasteiger partial charge >= 0.3 is 5.97 Å². The molecule has 0 radical (unpaired) electrons. The zero-order valence-corrected chi connectivity index (χ0v) is 12.6. The Morgan fingerprint density at radius 3 is 2.65 bits per heavy atom. The van der Waals surface area contributed by atoms with Gasteiger partial charge in [-0.15, -0.1) is 0 Å². The van der Waals surface area contributed by atoms with Crippen LogP contribution in [0.25, 0.3) is 0 Å². The zero-order valence-electron chi connectivity index (χ0n) is 12.6. The number of esters is 1. The number of nitrogens with zero attached hydrogens (tertiary/aromatic N) is 1. The van der Waals surface area contributed by atoms with Crippen LogP contribution in [0.3, 0.4) is 0 Å². The quantitative estimate of drug-likeness (QED) is 0.774. The first-order valence-electron chi connectivity index (χ1n) is 6.70. The van der Waals surface area contributed by atoms with Crippen molar-refractivity contribution >= 4 is 5.97 Å². The Morgan fingerprint density at radius 2 is 2.15 bits per heavy atom. The molecule has 0 heterocycles. The molecule has 1 N–H and O–H groups in total. The van der Waals surface area contributed by atoms with E-state index in [0.29, 0.717) is 18.5 Å². The van der Waals surface area contributed by atoms with Gasteiger partial charge in [-0.25, -0.2) is 9.18 Å². The molecule has 1 aromatic carbocycles. The van der Waals surface area contributed by atoms with Crippen LogP contribution >= 0.6 is 0 Å². The van der Waals surface area contributed by atoms with E-state index in [2.05, 4.69) is 5.32 Å². The number of likely N-dealkylation sites (N-methyl/N-ethyl adjacent to an activating group) is 1. The van der Waals surface area contributed by atoms with Gasteiger partial charge in [0.05, 0.1) is 7.11 Å². The van der Waals surface area contributed by atoms with E-state index in [1.807, 2.05) is 25.9 Å². The van der Waals surface area contributed by atoms with E-state index in [1.54, 1.807) is 12.1 Å². The number of hydrogen-bond donors (Lipinski definition) is 1. The molecule has 1 unspecified atom stereocenters. The summed E-state index contributed by atoms with van der Waals surface area (Å²) in [6.07, 6.45) is 0.483. The molecule has 112 valence electrons. The summed E-state index contributed by atoms with van der Waals surface area (Å²) in [7, 11) is 5.25.